The Balaban J connectivity index is 2.28. The van der Waals surface area contributed by atoms with Crippen LogP contribution in [0.1, 0.15) is 18.6 Å². The standard InChI is InChI=1S/C18H17FN4/c1-11(2)18-22-16(13-5-7-14(19)8-6-13)17(23(18)4)15-9-10-20-12(3)21-15/h5-10H,1H2,2-4H3. The van der Waals surface area contributed by atoms with E-state index in [-0.39, 0.29) is 5.82 Å². The van der Waals surface area contributed by atoms with Gasteiger partial charge in [-0.25, -0.2) is 19.3 Å². The second kappa shape index (κ2) is 5.76. The summed E-state index contributed by atoms with van der Waals surface area (Å²) < 4.78 is 15.2. The van der Waals surface area contributed by atoms with Gasteiger partial charge in [-0.3, -0.25) is 0 Å². The molecule has 0 aliphatic carbocycles. The molecule has 116 valence electrons. The predicted octanol–water partition coefficient (Wildman–Crippen LogP) is 4.02. The van der Waals surface area contributed by atoms with Crippen LogP contribution in [0, 0.1) is 12.7 Å². The SMILES string of the molecule is C=C(C)c1nc(-c2ccc(F)cc2)c(-c2ccnc(C)n2)n1C. The van der Waals surface area contributed by atoms with Gasteiger partial charge in [-0.05, 0) is 49.8 Å². The van der Waals surface area contributed by atoms with Gasteiger partial charge < -0.3 is 4.57 Å². The van der Waals surface area contributed by atoms with Crippen molar-refractivity contribution in [3.05, 3.63) is 60.6 Å². The van der Waals surface area contributed by atoms with Gasteiger partial charge in [-0.15, -0.1) is 0 Å². The number of rotatable bonds is 3. The molecule has 5 heteroatoms. The predicted molar refractivity (Wildman–Crippen MR) is 89.1 cm³/mol. The number of imidazole rings is 1. The Morgan fingerprint density at radius 1 is 1.13 bits per heavy atom. The Morgan fingerprint density at radius 3 is 2.43 bits per heavy atom. The molecule has 0 unspecified atom stereocenters. The van der Waals surface area contributed by atoms with Gasteiger partial charge in [0.25, 0.3) is 0 Å². The number of hydrogen-bond donors (Lipinski definition) is 0. The van der Waals surface area contributed by atoms with Gasteiger partial charge in [0.05, 0.1) is 17.1 Å². The zero-order valence-electron chi connectivity index (χ0n) is 13.3. The molecular weight excluding hydrogens is 291 g/mol. The van der Waals surface area contributed by atoms with Crippen LogP contribution in [0.3, 0.4) is 0 Å². The van der Waals surface area contributed by atoms with Gasteiger partial charge in [-0.2, -0.15) is 0 Å². The Bertz CT molecular complexity index is 879. The van der Waals surface area contributed by atoms with E-state index in [2.05, 4.69) is 16.5 Å². The highest BCUT2D eigenvalue weighted by Crippen LogP contribution is 2.32. The number of hydrogen-bond acceptors (Lipinski definition) is 3. The van der Waals surface area contributed by atoms with Gasteiger partial charge in [-0.1, -0.05) is 6.58 Å². The first-order chi connectivity index (χ1) is 11.0. The molecule has 1 aromatic carbocycles. The van der Waals surface area contributed by atoms with Crippen LogP contribution in [0.5, 0.6) is 0 Å². The fourth-order valence-electron chi connectivity index (χ4n) is 2.57. The molecule has 0 fully saturated rings. The quantitative estimate of drug-likeness (QED) is 0.734. The maximum absolute atomic E-state index is 13.2. The second-order valence-corrected chi connectivity index (χ2v) is 5.47. The lowest BCUT2D eigenvalue weighted by Gasteiger charge is -2.07. The van der Waals surface area contributed by atoms with Crippen molar-refractivity contribution in [2.45, 2.75) is 13.8 Å². The van der Waals surface area contributed by atoms with Crippen LogP contribution in [0.25, 0.3) is 28.2 Å². The van der Waals surface area contributed by atoms with Crippen LogP contribution in [0.4, 0.5) is 4.39 Å². The van der Waals surface area contributed by atoms with Crippen LogP contribution >= 0.6 is 0 Å². The largest absolute Gasteiger partial charge is 0.326 e. The molecule has 0 spiro atoms. The molecule has 0 bridgehead atoms. The molecule has 0 aliphatic rings. The maximum atomic E-state index is 13.2. The Kier molecular flexibility index (Phi) is 3.78. The number of aryl methyl sites for hydroxylation is 1. The monoisotopic (exact) mass is 308 g/mol. The molecule has 0 amide bonds. The summed E-state index contributed by atoms with van der Waals surface area (Å²) in [5, 5.41) is 0. The molecule has 0 N–H and O–H groups in total. The number of aromatic nitrogens is 4. The molecule has 2 aromatic heterocycles. The van der Waals surface area contributed by atoms with Crippen molar-refractivity contribution in [3.63, 3.8) is 0 Å². The van der Waals surface area contributed by atoms with E-state index >= 15 is 0 Å². The third-order valence-corrected chi connectivity index (χ3v) is 3.61. The molecular formula is C18H17FN4. The molecule has 0 radical (unpaired) electrons. The maximum Gasteiger partial charge on any atom is 0.135 e. The summed E-state index contributed by atoms with van der Waals surface area (Å²) in [4.78, 5) is 13.3. The van der Waals surface area contributed by atoms with E-state index in [4.69, 9.17) is 4.98 Å². The minimum atomic E-state index is -0.274. The van der Waals surface area contributed by atoms with Crippen LogP contribution < -0.4 is 0 Å². The zero-order chi connectivity index (χ0) is 16.6. The van der Waals surface area contributed by atoms with Crippen LogP contribution in [0.2, 0.25) is 0 Å². The Labute approximate surface area is 134 Å². The normalized spacial score (nSPS) is 10.8. The number of allylic oxidation sites excluding steroid dienone is 1. The average molecular weight is 308 g/mol. The second-order valence-electron chi connectivity index (χ2n) is 5.47. The van der Waals surface area contributed by atoms with Gasteiger partial charge in [0, 0.05) is 18.8 Å². The van der Waals surface area contributed by atoms with Crippen LogP contribution in [-0.2, 0) is 7.05 Å². The highest BCUT2D eigenvalue weighted by atomic mass is 19.1. The van der Waals surface area contributed by atoms with Crippen LogP contribution in [0.15, 0.2) is 43.1 Å². The topological polar surface area (TPSA) is 43.6 Å². The number of benzene rings is 1. The van der Waals surface area contributed by atoms with E-state index in [1.807, 2.05) is 31.5 Å². The van der Waals surface area contributed by atoms with Crippen molar-refractivity contribution < 1.29 is 4.39 Å². The van der Waals surface area contributed by atoms with Crippen molar-refractivity contribution in [1.29, 1.82) is 0 Å². The third-order valence-electron chi connectivity index (χ3n) is 3.61. The summed E-state index contributed by atoms with van der Waals surface area (Å²) in [6.45, 7) is 7.74. The lowest BCUT2D eigenvalue weighted by molar-refractivity contribution is 0.628. The van der Waals surface area contributed by atoms with E-state index < -0.39 is 0 Å². The highest BCUT2D eigenvalue weighted by molar-refractivity contribution is 5.79. The average Bonchev–Trinajstić information content (AvgIpc) is 2.85. The first-order valence-corrected chi connectivity index (χ1v) is 7.26. The summed E-state index contributed by atoms with van der Waals surface area (Å²) in [5.41, 5.74) is 4.08. The van der Waals surface area contributed by atoms with Gasteiger partial charge in [0.2, 0.25) is 0 Å². The summed E-state index contributed by atoms with van der Waals surface area (Å²) >= 11 is 0. The van der Waals surface area contributed by atoms with Crippen molar-refractivity contribution >= 4 is 5.57 Å². The van der Waals surface area contributed by atoms with Gasteiger partial charge in [0.15, 0.2) is 0 Å². The Hall–Kier alpha value is -2.82. The molecule has 2 heterocycles. The van der Waals surface area contributed by atoms with E-state index in [1.54, 1.807) is 18.3 Å². The molecule has 3 aromatic rings. The smallest absolute Gasteiger partial charge is 0.135 e. The summed E-state index contributed by atoms with van der Waals surface area (Å²) in [6.07, 6.45) is 1.72. The molecule has 0 saturated carbocycles. The Morgan fingerprint density at radius 2 is 1.83 bits per heavy atom. The van der Waals surface area contributed by atoms with Crippen molar-refractivity contribution in [3.8, 4) is 22.6 Å². The van der Waals surface area contributed by atoms with Crippen molar-refractivity contribution in [2.24, 2.45) is 7.05 Å². The van der Waals surface area contributed by atoms with Gasteiger partial charge in [0.1, 0.15) is 17.5 Å². The molecule has 3 rings (SSSR count). The zero-order valence-corrected chi connectivity index (χ0v) is 13.3. The van der Waals surface area contributed by atoms with E-state index in [0.717, 1.165) is 34.0 Å². The summed E-state index contributed by atoms with van der Waals surface area (Å²) in [7, 11) is 1.93. The van der Waals surface area contributed by atoms with Crippen molar-refractivity contribution in [1.82, 2.24) is 19.5 Å². The van der Waals surface area contributed by atoms with Crippen molar-refractivity contribution in [2.75, 3.05) is 0 Å². The summed E-state index contributed by atoms with van der Waals surface area (Å²) in [5.74, 6) is 1.19. The summed E-state index contributed by atoms with van der Waals surface area (Å²) in [6, 6.07) is 8.15. The fraction of sp³-hybridized carbons (Fsp3) is 0.167. The highest BCUT2D eigenvalue weighted by Gasteiger charge is 2.19. The fourth-order valence-corrected chi connectivity index (χ4v) is 2.57. The first kappa shape index (κ1) is 15.1. The van der Waals surface area contributed by atoms with E-state index in [9.17, 15) is 4.39 Å². The molecule has 23 heavy (non-hydrogen) atoms. The molecule has 0 aliphatic heterocycles. The minimum absolute atomic E-state index is 0.274. The molecule has 0 saturated heterocycles. The lowest BCUT2D eigenvalue weighted by Crippen LogP contribution is -1.99. The lowest BCUT2D eigenvalue weighted by atomic mass is 10.1. The number of halogens is 1. The van der Waals surface area contributed by atoms with E-state index in [0.29, 0.717) is 5.82 Å². The first-order valence-electron chi connectivity index (χ1n) is 7.26. The third kappa shape index (κ3) is 2.77. The molecule has 0 atom stereocenters. The van der Waals surface area contributed by atoms with Gasteiger partial charge >= 0.3 is 0 Å². The molecule has 4 nitrogen and oxygen atoms in total. The number of nitrogens with zero attached hydrogens (tertiary/aromatic N) is 4. The van der Waals surface area contributed by atoms with E-state index in [1.165, 1.54) is 12.1 Å². The van der Waals surface area contributed by atoms with Crippen LogP contribution in [-0.4, -0.2) is 19.5 Å². The minimum Gasteiger partial charge on any atom is -0.326 e.